The fourth-order valence-corrected chi connectivity index (χ4v) is 10.6. The molecule has 0 saturated heterocycles. The van der Waals surface area contributed by atoms with E-state index < -0.39 is 0 Å². The zero-order chi connectivity index (χ0) is 38.8. The molecule has 59 heavy (non-hydrogen) atoms. The van der Waals surface area contributed by atoms with Crippen LogP contribution < -0.4 is 0 Å². The van der Waals surface area contributed by atoms with Crippen LogP contribution in [0, 0.1) is 6.92 Å². The van der Waals surface area contributed by atoms with Gasteiger partial charge in [0, 0.05) is 0 Å². The normalized spacial score (nSPS) is 12.2. The van der Waals surface area contributed by atoms with E-state index in [1.165, 1.54) is 136 Å². The summed E-state index contributed by atoms with van der Waals surface area (Å²) in [7, 11) is 0. The first-order chi connectivity index (χ1) is 29.2. The van der Waals surface area contributed by atoms with Crippen molar-refractivity contribution >= 4 is 86.2 Å². The Kier molecular flexibility index (Phi) is 6.74. The number of hydrogen-bond donors (Lipinski definition) is 0. The molecule has 0 fully saturated rings. The first-order valence-electron chi connectivity index (χ1n) is 20.7. The van der Waals surface area contributed by atoms with Crippen molar-refractivity contribution in [2.24, 2.45) is 0 Å². The van der Waals surface area contributed by atoms with Crippen LogP contribution in [-0.4, -0.2) is 0 Å². The maximum atomic E-state index is 2.52. The molecule has 0 N–H and O–H groups in total. The van der Waals surface area contributed by atoms with E-state index in [4.69, 9.17) is 0 Å². The third-order valence-electron chi connectivity index (χ3n) is 13.2. The second-order valence-corrected chi connectivity index (χ2v) is 16.4. The second-order valence-electron chi connectivity index (χ2n) is 16.4. The van der Waals surface area contributed by atoms with Gasteiger partial charge in [-0.05, 0) is 156 Å². The molecule has 0 heteroatoms. The number of aryl methyl sites for hydroxylation is 1. The van der Waals surface area contributed by atoms with Crippen molar-refractivity contribution in [2.45, 2.75) is 6.92 Å². The summed E-state index contributed by atoms with van der Waals surface area (Å²) in [5.74, 6) is 0. The van der Waals surface area contributed by atoms with Crippen molar-refractivity contribution in [3.63, 3.8) is 0 Å². The van der Waals surface area contributed by atoms with Crippen LogP contribution in [0.2, 0.25) is 0 Å². The van der Waals surface area contributed by atoms with E-state index in [0.29, 0.717) is 0 Å². The smallest absolute Gasteiger partial charge is 0.000719 e. The summed E-state index contributed by atoms with van der Waals surface area (Å²) in [6.07, 6.45) is 0. The highest BCUT2D eigenvalue weighted by molar-refractivity contribution is 6.45. The molecule has 0 amide bonds. The zero-order valence-electron chi connectivity index (χ0n) is 32.6. The first-order valence-corrected chi connectivity index (χ1v) is 20.7. The largest absolute Gasteiger partial charge is 0.0622 e. The van der Waals surface area contributed by atoms with Crippen LogP contribution in [0.15, 0.2) is 200 Å². The highest BCUT2D eigenvalue weighted by Gasteiger charge is 2.27. The molecule has 0 aromatic heterocycles. The summed E-state index contributed by atoms with van der Waals surface area (Å²) < 4.78 is 0. The van der Waals surface area contributed by atoms with Gasteiger partial charge in [0.2, 0.25) is 0 Å². The average Bonchev–Trinajstić information content (AvgIpc) is 3.80. The standard InChI is InChI=1S/C59H36/c1-35-22-24-36(25-23-35)39-26-27-41-33-42(29-28-40(41)32-39)43-30-31-50-55-46(43)18-10-21-49(55)59-54(38-14-6-3-7-15-38)57-48-20-11-19-47-44-16-8-9-17-45(44)51(56(47)48)34-52(57)53(58(50)59)37-12-4-2-5-13-37/h2-34H,1H3. The Morgan fingerprint density at radius 3 is 1.47 bits per heavy atom. The van der Waals surface area contributed by atoms with Crippen molar-refractivity contribution in [2.75, 3.05) is 0 Å². The van der Waals surface area contributed by atoms with Gasteiger partial charge in [0.05, 0.1) is 0 Å². The topological polar surface area (TPSA) is 0 Å². The summed E-state index contributed by atoms with van der Waals surface area (Å²) in [6, 6.07) is 75.2. The Hall–Kier alpha value is -7.54. The lowest BCUT2D eigenvalue weighted by Crippen LogP contribution is -1.91. The number of hydrogen-bond acceptors (Lipinski definition) is 0. The molecule has 13 rings (SSSR count). The van der Waals surface area contributed by atoms with Crippen molar-refractivity contribution in [3.8, 4) is 44.5 Å². The van der Waals surface area contributed by atoms with Crippen molar-refractivity contribution in [1.29, 1.82) is 0 Å². The predicted molar refractivity (Wildman–Crippen MR) is 255 cm³/mol. The summed E-state index contributed by atoms with van der Waals surface area (Å²) in [5, 5.41) is 21.0. The molecule has 0 bridgehead atoms. The van der Waals surface area contributed by atoms with Crippen LogP contribution in [0.25, 0.3) is 131 Å². The van der Waals surface area contributed by atoms with Gasteiger partial charge in [-0.25, -0.2) is 0 Å². The summed E-state index contributed by atoms with van der Waals surface area (Å²) in [4.78, 5) is 0. The van der Waals surface area contributed by atoms with Gasteiger partial charge in [-0.2, -0.15) is 0 Å². The number of benzene rings is 11. The predicted octanol–water partition coefficient (Wildman–Crippen LogP) is 16.8. The van der Waals surface area contributed by atoms with E-state index in [1.807, 2.05) is 0 Å². The molecule has 0 heterocycles. The molecule has 0 atom stereocenters. The summed E-state index contributed by atoms with van der Waals surface area (Å²) in [5.41, 5.74) is 11.4. The molecule has 0 aliphatic rings. The lowest BCUT2D eigenvalue weighted by Gasteiger charge is -2.19. The number of rotatable bonds is 4. The third-order valence-corrected chi connectivity index (χ3v) is 13.2. The third kappa shape index (κ3) is 4.60. The van der Waals surface area contributed by atoms with Crippen molar-refractivity contribution in [1.82, 2.24) is 0 Å². The SMILES string of the molecule is Cc1ccc(-c2ccc3cc(-c4ccc5c6c(-c7ccccc7)c7cc8c9ccccc9c9cccc(c7c(-c7ccccc7)c6c6cccc4c56)c98)ccc3c2)cc1. The molecule has 0 unspecified atom stereocenters. The van der Waals surface area contributed by atoms with Crippen LogP contribution in [0.4, 0.5) is 0 Å². The molecule has 0 radical (unpaired) electrons. The van der Waals surface area contributed by atoms with Gasteiger partial charge in [0.15, 0.2) is 0 Å². The molecular formula is C59H36. The lowest BCUT2D eigenvalue weighted by molar-refractivity contribution is 1.47. The maximum Gasteiger partial charge on any atom is -0.000719 e. The van der Waals surface area contributed by atoms with E-state index in [9.17, 15) is 0 Å². The van der Waals surface area contributed by atoms with Gasteiger partial charge in [-0.1, -0.05) is 188 Å². The number of fused-ring (bicyclic) bond motifs is 9. The van der Waals surface area contributed by atoms with Gasteiger partial charge >= 0.3 is 0 Å². The quantitative estimate of drug-likeness (QED) is 0.157. The molecule has 13 aromatic carbocycles. The van der Waals surface area contributed by atoms with Gasteiger partial charge < -0.3 is 0 Å². The van der Waals surface area contributed by atoms with Crippen molar-refractivity contribution in [3.05, 3.63) is 206 Å². The minimum Gasteiger partial charge on any atom is -0.0622 e. The Bertz CT molecular complexity index is 3800. The Labute approximate surface area is 341 Å². The van der Waals surface area contributed by atoms with Crippen LogP contribution in [0.5, 0.6) is 0 Å². The Morgan fingerprint density at radius 1 is 0.237 bits per heavy atom. The molecule has 0 nitrogen and oxygen atoms in total. The highest BCUT2D eigenvalue weighted by atomic mass is 14.3. The fraction of sp³-hybridized carbons (Fsp3) is 0.0169. The molecule has 272 valence electrons. The van der Waals surface area contributed by atoms with Crippen LogP contribution in [0.3, 0.4) is 0 Å². The second kappa shape index (κ2) is 12.2. The van der Waals surface area contributed by atoms with E-state index >= 15 is 0 Å². The van der Waals surface area contributed by atoms with E-state index in [1.54, 1.807) is 0 Å². The summed E-state index contributed by atoms with van der Waals surface area (Å²) in [6.45, 7) is 2.14. The Balaban J connectivity index is 1.16. The fourth-order valence-electron chi connectivity index (χ4n) is 10.6. The van der Waals surface area contributed by atoms with Gasteiger partial charge in [-0.15, -0.1) is 0 Å². The first kappa shape index (κ1) is 32.5. The average molecular weight is 745 g/mol. The van der Waals surface area contributed by atoms with Gasteiger partial charge in [0.1, 0.15) is 0 Å². The van der Waals surface area contributed by atoms with Crippen molar-refractivity contribution < 1.29 is 0 Å². The van der Waals surface area contributed by atoms with Gasteiger partial charge in [-0.3, -0.25) is 0 Å². The molecule has 0 aliphatic heterocycles. The molecule has 13 aromatic rings. The molecule has 0 aliphatic carbocycles. The van der Waals surface area contributed by atoms with Crippen LogP contribution in [-0.2, 0) is 0 Å². The Morgan fingerprint density at radius 2 is 0.746 bits per heavy atom. The van der Waals surface area contributed by atoms with E-state index in [-0.39, 0.29) is 0 Å². The lowest BCUT2D eigenvalue weighted by atomic mass is 9.84. The van der Waals surface area contributed by atoms with E-state index in [0.717, 1.165) is 0 Å². The maximum absolute atomic E-state index is 2.52. The summed E-state index contributed by atoms with van der Waals surface area (Å²) >= 11 is 0. The molecule has 0 spiro atoms. The minimum atomic E-state index is 1.24. The van der Waals surface area contributed by atoms with E-state index in [2.05, 4.69) is 207 Å². The minimum absolute atomic E-state index is 1.24. The molecule has 0 saturated carbocycles. The van der Waals surface area contributed by atoms with Crippen LogP contribution >= 0.6 is 0 Å². The molecular weight excluding hydrogens is 709 g/mol. The highest BCUT2D eigenvalue weighted by Crippen LogP contribution is 2.55. The van der Waals surface area contributed by atoms with Gasteiger partial charge in [0.25, 0.3) is 0 Å². The zero-order valence-corrected chi connectivity index (χ0v) is 32.6. The monoisotopic (exact) mass is 744 g/mol. The van der Waals surface area contributed by atoms with Crippen LogP contribution in [0.1, 0.15) is 5.56 Å².